The molecule has 1 atom stereocenters. The maximum Gasteiger partial charge on any atom is 0.273 e. The van der Waals surface area contributed by atoms with E-state index in [9.17, 15) is 10.1 Å². The monoisotopic (exact) mass is 448 g/mol. The molecule has 0 spiro atoms. The molecule has 2 aromatic carbocycles. The fraction of sp³-hybridized carbons (Fsp3) is 0.292. The van der Waals surface area contributed by atoms with Crippen molar-refractivity contribution in [3.63, 3.8) is 0 Å². The molecule has 0 radical (unpaired) electrons. The third-order valence-electron chi connectivity index (χ3n) is 5.58. The number of aromatic nitrogens is 1. The number of benzene rings is 2. The number of carbonyl (C=O) groups is 1. The minimum absolute atomic E-state index is 0.0707. The third-order valence-corrected chi connectivity index (χ3v) is 6.47. The highest BCUT2D eigenvalue weighted by Crippen LogP contribution is 2.27. The molecule has 1 aliphatic rings. The number of rotatable bonds is 6. The van der Waals surface area contributed by atoms with Crippen LogP contribution in [0.15, 0.2) is 53.9 Å². The van der Waals surface area contributed by atoms with Gasteiger partial charge in [-0.3, -0.25) is 9.69 Å². The summed E-state index contributed by atoms with van der Waals surface area (Å²) < 4.78 is 10.4. The number of methoxy groups -OCH3 is 2. The number of thiazole rings is 1. The molecule has 0 aliphatic carbocycles. The molecule has 1 saturated heterocycles. The second-order valence-electron chi connectivity index (χ2n) is 7.40. The van der Waals surface area contributed by atoms with E-state index in [0.717, 1.165) is 27.6 Å². The Bertz CT molecular complexity index is 1100. The quantitative estimate of drug-likeness (QED) is 0.570. The van der Waals surface area contributed by atoms with Crippen LogP contribution in [-0.2, 0) is 0 Å². The molecule has 0 N–H and O–H groups in total. The van der Waals surface area contributed by atoms with E-state index >= 15 is 0 Å². The molecule has 164 valence electrons. The molecular weight excluding hydrogens is 424 g/mol. The van der Waals surface area contributed by atoms with Crippen LogP contribution in [0.4, 0.5) is 0 Å². The molecule has 2 heterocycles. The van der Waals surface area contributed by atoms with Crippen molar-refractivity contribution in [2.24, 2.45) is 0 Å². The van der Waals surface area contributed by atoms with Crippen LogP contribution in [0.3, 0.4) is 0 Å². The molecule has 1 aromatic heterocycles. The summed E-state index contributed by atoms with van der Waals surface area (Å²) in [7, 11) is 3.25. The SMILES string of the molecule is COc1ccc(-c2nc(C(=O)N3CCN(C(C#N)c4ccc(OC)cc4)CC3)cs2)cc1. The standard InChI is InChI=1S/C24H24N4O3S/c1-30-19-7-3-17(4-8-19)22(15-25)27-11-13-28(14-12-27)24(29)21-16-32-23(26-21)18-5-9-20(31-2)10-6-18/h3-10,16,22H,11-14H2,1-2H3. The fourth-order valence-corrected chi connectivity index (χ4v) is 4.54. The van der Waals surface area contributed by atoms with E-state index in [4.69, 9.17) is 9.47 Å². The lowest BCUT2D eigenvalue weighted by atomic mass is 10.1. The predicted molar refractivity (Wildman–Crippen MR) is 123 cm³/mol. The van der Waals surface area contributed by atoms with Crippen LogP contribution in [0.25, 0.3) is 10.6 Å². The van der Waals surface area contributed by atoms with Crippen LogP contribution in [0.2, 0.25) is 0 Å². The Kier molecular flexibility index (Phi) is 6.69. The van der Waals surface area contributed by atoms with Gasteiger partial charge in [-0.15, -0.1) is 11.3 Å². The topological polar surface area (TPSA) is 78.7 Å². The van der Waals surface area contributed by atoms with Crippen LogP contribution in [0.1, 0.15) is 22.1 Å². The summed E-state index contributed by atoms with van der Waals surface area (Å²) in [6.45, 7) is 2.38. The van der Waals surface area contributed by atoms with Gasteiger partial charge in [0.2, 0.25) is 0 Å². The summed E-state index contributed by atoms with van der Waals surface area (Å²) >= 11 is 1.45. The van der Waals surface area contributed by atoms with E-state index < -0.39 is 0 Å². The normalized spacial score (nSPS) is 15.1. The van der Waals surface area contributed by atoms with Gasteiger partial charge in [-0.25, -0.2) is 4.98 Å². The molecule has 3 aromatic rings. The Labute approximate surface area is 191 Å². The molecule has 8 heteroatoms. The third kappa shape index (κ3) is 4.59. The molecule has 1 fully saturated rings. The van der Waals surface area contributed by atoms with E-state index in [-0.39, 0.29) is 11.9 Å². The van der Waals surface area contributed by atoms with Crippen molar-refractivity contribution < 1.29 is 14.3 Å². The summed E-state index contributed by atoms with van der Waals surface area (Å²) in [6, 6.07) is 17.2. The highest BCUT2D eigenvalue weighted by Gasteiger charge is 2.28. The van der Waals surface area contributed by atoms with Crippen molar-refractivity contribution in [1.29, 1.82) is 5.26 Å². The Hall–Kier alpha value is -3.41. The van der Waals surface area contributed by atoms with Gasteiger partial charge in [-0.1, -0.05) is 12.1 Å². The lowest BCUT2D eigenvalue weighted by Crippen LogP contribution is -2.49. The fourth-order valence-electron chi connectivity index (χ4n) is 3.74. The first-order chi connectivity index (χ1) is 15.6. The van der Waals surface area contributed by atoms with Gasteiger partial charge in [0.1, 0.15) is 28.2 Å². The zero-order valence-electron chi connectivity index (χ0n) is 18.0. The van der Waals surface area contributed by atoms with Gasteiger partial charge in [0, 0.05) is 37.1 Å². The zero-order chi connectivity index (χ0) is 22.5. The van der Waals surface area contributed by atoms with Crippen molar-refractivity contribution in [3.8, 4) is 28.1 Å². The minimum Gasteiger partial charge on any atom is -0.497 e. The molecule has 0 saturated carbocycles. The van der Waals surface area contributed by atoms with Crippen molar-refractivity contribution in [2.75, 3.05) is 40.4 Å². The first-order valence-electron chi connectivity index (χ1n) is 10.3. The molecule has 0 bridgehead atoms. The van der Waals surface area contributed by atoms with E-state index in [0.29, 0.717) is 31.9 Å². The summed E-state index contributed by atoms with van der Waals surface area (Å²) in [5, 5.41) is 12.3. The number of nitriles is 1. The van der Waals surface area contributed by atoms with E-state index in [1.807, 2.05) is 58.8 Å². The van der Waals surface area contributed by atoms with Gasteiger partial charge in [-0.2, -0.15) is 5.26 Å². The summed E-state index contributed by atoms with van der Waals surface area (Å²) in [5.74, 6) is 1.47. The Morgan fingerprint density at radius 2 is 1.59 bits per heavy atom. The summed E-state index contributed by atoms with van der Waals surface area (Å²) in [5.41, 5.74) is 2.34. The van der Waals surface area contributed by atoms with Crippen LogP contribution in [0.5, 0.6) is 11.5 Å². The molecule has 1 aliphatic heterocycles. The average Bonchev–Trinajstić information content (AvgIpc) is 3.35. The number of hydrogen-bond donors (Lipinski definition) is 0. The van der Waals surface area contributed by atoms with E-state index in [1.165, 1.54) is 11.3 Å². The first kappa shape index (κ1) is 21.8. The maximum atomic E-state index is 13.0. The maximum absolute atomic E-state index is 13.0. The molecular formula is C24H24N4O3S. The predicted octanol–water partition coefficient (Wildman–Crippen LogP) is 3.85. The van der Waals surface area contributed by atoms with Crippen LogP contribution >= 0.6 is 11.3 Å². The minimum atomic E-state index is -0.348. The van der Waals surface area contributed by atoms with E-state index in [2.05, 4.69) is 16.0 Å². The highest BCUT2D eigenvalue weighted by atomic mass is 32.1. The van der Waals surface area contributed by atoms with Gasteiger partial charge < -0.3 is 14.4 Å². The lowest BCUT2D eigenvalue weighted by Gasteiger charge is -2.36. The number of ether oxygens (including phenoxy) is 2. The number of piperazine rings is 1. The van der Waals surface area contributed by atoms with Gasteiger partial charge >= 0.3 is 0 Å². The second-order valence-corrected chi connectivity index (χ2v) is 8.26. The van der Waals surface area contributed by atoms with Crippen molar-refractivity contribution in [3.05, 3.63) is 65.2 Å². The van der Waals surface area contributed by atoms with E-state index in [1.54, 1.807) is 14.2 Å². The number of amides is 1. The van der Waals surface area contributed by atoms with Crippen LogP contribution in [-0.4, -0.2) is 61.1 Å². The molecule has 4 rings (SSSR count). The first-order valence-corrected chi connectivity index (χ1v) is 11.2. The molecule has 1 unspecified atom stereocenters. The van der Waals surface area contributed by atoms with Gasteiger partial charge in [0.25, 0.3) is 5.91 Å². The Balaban J connectivity index is 1.39. The van der Waals surface area contributed by atoms with Crippen molar-refractivity contribution in [1.82, 2.24) is 14.8 Å². The molecule has 32 heavy (non-hydrogen) atoms. The highest BCUT2D eigenvalue weighted by molar-refractivity contribution is 7.13. The Morgan fingerprint density at radius 1 is 1.00 bits per heavy atom. The molecule has 1 amide bonds. The average molecular weight is 449 g/mol. The zero-order valence-corrected chi connectivity index (χ0v) is 18.8. The summed E-state index contributed by atoms with van der Waals surface area (Å²) in [4.78, 5) is 21.5. The van der Waals surface area contributed by atoms with Gasteiger partial charge in [0.05, 0.1) is 20.3 Å². The number of carbonyl (C=O) groups excluding carboxylic acids is 1. The molecule has 7 nitrogen and oxygen atoms in total. The number of hydrogen-bond acceptors (Lipinski definition) is 7. The Morgan fingerprint density at radius 3 is 2.16 bits per heavy atom. The van der Waals surface area contributed by atoms with Crippen LogP contribution in [0, 0.1) is 11.3 Å². The lowest BCUT2D eigenvalue weighted by molar-refractivity contribution is 0.0601. The van der Waals surface area contributed by atoms with Gasteiger partial charge in [-0.05, 0) is 42.0 Å². The second kappa shape index (κ2) is 9.81. The van der Waals surface area contributed by atoms with Crippen molar-refractivity contribution >= 4 is 17.2 Å². The largest absolute Gasteiger partial charge is 0.497 e. The smallest absolute Gasteiger partial charge is 0.273 e. The van der Waals surface area contributed by atoms with Gasteiger partial charge in [0.15, 0.2) is 0 Å². The van der Waals surface area contributed by atoms with Crippen LogP contribution < -0.4 is 9.47 Å². The summed E-state index contributed by atoms with van der Waals surface area (Å²) in [6.07, 6.45) is 0. The number of nitrogens with zero attached hydrogens (tertiary/aromatic N) is 4. The van der Waals surface area contributed by atoms with Crippen molar-refractivity contribution in [2.45, 2.75) is 6.04 Å².